The lowest BCUT2D eigenvalue weighted by atomic mass is 9.84. The first-order valence-electron chi connectivity index (χ1n) is 17.6. The molecule has 236 valence electrons. The molecule has 0 spiro atoms. The Balaban J connectivity index is 4.90. The van der Waals surface area contributed by atoms with Crippen LogP contribution in [0.1, 0.15) is 200 Å². The molecule has 4 heteroatoms. The van der Waals surface area contributed by atoms with Gasteiger partial charge in [-0.3, -0.25) is 9.59 Å². The lowest BCUT2D eigenvalue weighted by Gasteiger charge is -2.22. The largest absolute Gasteiger partial charge is 0.481 e. The van der Waals surface area contributed by atoms with Crippen LogP contribution in [0.2, 0.25) is 0 Å². The Morgan fingerprint density at radius 2 is 0.825 bits per heavy atom. The number of allylic oxidation sites excluding steroid dienone is 2. The van der Waals surface area contributed by atoms with Crippen LogP contribution in [0, 0.1) is 5.92 Å². The minimum absolute atomic E-state index is 0.300. The molecule has 0 heterocycles. The summed E-state index contributed by atoms with van der Waals surface area (Å²) in [6.45, 7) is 4.56. The third kappa shape index (κ3) is 28.2. The van der Waals surface area contributed by atoms with E-state index in [4.69, 9.17) is 10.2 Å². The van der Waals surface area contributed by atoms with E-state index >= 15 is 0 Å². The van der Waals surface area contributed by atoms with Crippen molar-refractivity contribution in [2.75, 3.05) is 0 Å². The summed E-state index contributed by atoms with van der Waals surface area (Å²) in [5.41, 5.74) is 1.70. The van der Waals surface area contributed by atoms with E-state index in [-0.39, 0.29) is 0 Å². The topological polar surface area (TPSA) is 74.6 Å². The van der Waals surface area contributed by atoms with Crippen LogP contribution in [0.5, 0.6) is 0 Å². The van der Waals surface area contributed by atoms with Crippen molar-refractivity contribution in [2.45, 2.75) is 200 Å². The molecule has 0 rings (SSSR count). The Morgan fingerprint density at radius 3 is 1.25 bits per heavy atom. The molecule has 0 aliphatic heterocycles. The van der Waals surface area contributed by atoms with Gasteiger partial charge in [-0.1, -0.05) is 147 Å². The van der Waals surface area contributed by atoms with Gasteiger partial charge in [-0.05, 0) is 57.3 Å². The first-order valence-corrected chi connectivity index (χ1v) is 17.6. The van der Waals surface area contributed by atoms with Crippen molar-refractivity contribution in [3.05, 3.63) is 11.6 Å². The van der Waals surface area contributed by atoms with Gasteiger partial charge < -0.3 is 10.2 Å². The van der Waals surface area contributed by atoms with Gasteiger partial charge in [0.05, 0.1) is 0 Å². The molecule has 4 nitrogen and oxygen atoms in total. The summed E-state index contributed by atoms with van der Waals surface area (Å²) in [5, 5.41) is 17.8. The first kappa shape index (κ1) is 38.7. The van der Waals surface area contributed by atoms with E-state index in [1.807, 2.05) is 0 Å². The standard InChI is InChI=1S/C36H68O4/c1-3-5-7-9-11-13-16-22-28-34(30-24-19-20-26-32-36(39)40)33(27-21-15-12-10-8-6-4-2)29-23-17-14-18-25-31-35(37)38/h28,33H,3-27,29-32H2,1-2H3,(H,37,38)(H,39,40)/b34-28+. The predicted octanol–water partition coefficient (Wildman–Crippen LogP) is 12.1. The average molecular weight is 565 g/mol. The zero-order valence-corrected chi connectivity index (χ0v) is 26.9. The SMILES string of the molecule is CCCCCCCCC/C=C(\CCCCCCC(=O)O)C(CCCCCCCCC)CCCCCCCC(=O)O. The van der Waals surface area contributed by atoms with Crippen molar-refractivity contribution in [1.82, 2.24) is 0 Å². The van der Waals surface area contributed by atoms with Crippen molar-refractivity contribution >= 4 is 11.9 Å². The second-order valence-electron chi connectivity index (χ2n) is 12.3. The van der Waals surface area contributed by atoms with Crippen molar-refractivity contribution in [2.24, 2.45) is 5.92 Å². The number of carboxylic acids is 2. The Labute approximate surface area is 249 Å². The minimum atomic E-state index is -0.673. The summed E-state index contributed by atoms with van der Waals surface area (Å²) in [6.07, 6.45) is 36.8. The average Bonchev–Trinajstić information content (AvgIpc) is 2.92. The van der Waals surface area contributed by atoms with E-state index in [0.717, 1.165) is 38.5 Å². The Hall–Kier alpha value is -1.32. The van der Waals surface area contributed by atoms with Gasteiger partial charge in [0, 0.05) is 12.8 Å². The summed E-state index contributed by atoms with van der Waals surface area (Å²) >= 11 is 0. The van der Waals surface area contributed by atoms with Crippen LogP contribution in [0.3, 0.4) is 0 Å². The summed E-state index contributed by atoms with van der Waals surface area (Å²) in [7, 11) is 0. The van der Waals surface area contributed by atoms with Crippen LogP contribution >= 0.6 is 0 Å². The van der Waals surface area contributed by atoms with E-state index in [9.17, 15) is 9.59 Å². The fourth-order valence-corrected chi connectivity index (χ4v) is 5.88. The number of hydrogen-bond donors (Lipinski definition) is 2. The van der Waals surface area contributed by atoms with Gasteiger partial charge in [-0.25, -0.2) is 0 Å². The maximum atomic E-state index is 10.9. The molecule has 0 saturated heterocycles. The van der Waals surface area contributed by atoms with E-state index < -0.39 is 11.9 Å². The van der Waals surface area contributed by atoms with Crippen LogP contribution in [0.25, 0.3) is 0 Å². The van der Waals surface area contributed by atoms with Crippen LogP contribution < -0.4 is 0 Å². The maximum absolute atomic E-state index is 10.9. The highest BCUT2D eigenvalue weighted by Crippen LogP contribution is 2.30. The van der Waals surface area contributed by atoms with E-state index in [0.29, 0.717) is 18.8 Å². The minimum Gasteiger partial charge on any atom is -0.481 e. The molecule has 0 aliphatic rings. The third-order valence-corrected chi connectivity index (χ3v) is 8.44. The highest BCUT2D eigenvalue weighted by Gasteiger charge is 2.14. The molecule has 0 aliphatic carbocycles. The van der Waals surface area contributed by atoms with Gasteiger partial charge in [0.1, 0.15) is 0 Å². The molecule has 0 saturated carbocycles. The Kier molecular flexibility index (Phi) is 29.6. The molecule has 1 atom stereocenters. The van der Waals surface area contributed by atoms with Crippen molar-refractivity contribution in [3.63, 3.8) is 0 Å². The molecule has 0 aromatic rings. The van der Waals surface area contributed by atoms with Crippen LogP contribution in [-0.4, -0.2) is 22.2 Å². The molecular weight excluding hydrogens is 496 g/mol. The smallest absolute Gasteiger partial charge is 0.303 e. The van der Waals surface area contributed by atoms with E-state index in [1.54, 1.807) is 5.57 Å². The van der Waals surface area contributed by atoms with Gasteiger partial charge in [-0.15, -0.1) is 0 Å². The highest BCUT2D eigenvalue weighted by atomic mass is 16.4. The molecule has 0 aromatic carbocycles. The van der Waals surface area contributed by atoms with Gasteiger partial charge in [-0.2, -0.15) is 0 Å². The van der Waals surface area contributed by atoms with Crippen LogP contribution in [-0.2, 0) is 9.59 Å². The Bertz CT molecular complexity index is 598. The zero-order chi connectivity index (χ0) is 29.5. The first-order chi connectivity index (χ1) is 19.5. The van der Waals surface area contributed by atoms with Crippen molar-refractivity contribution < 1.29 is 19.8 Å². The van der Waals surface area contributed by atoms with Crippen molar-refractivity contribution in [3.8, 4) is 0 Å². The van der Waals surface area contributed by atoms with Crippen molar-refractivity contribution in [1.29, 1.82) is 0 Å². The monoisotopic (exact) mass is 565 g/mol. The molecule has 1 unspecified atom stereocenters. The molecule has 0 fully saturated rings. The molecular formula is C36H68O4. The normalized spacial score (nSPS) is 12.6. The third-order valence-electron chi connectivity index (χ3n) is 8.44. The Morgan fingerprint density at radius 1 is 0.475 bits per heavy atom. The predicted molar refractivity (Wildman–Crippen MR) is 172 cm³/mol. The van der Waals surface area contributed by atoms with Gasteiger partial charge >= 0.3 is 11.9 Å². The number of unbranched alkanes of at least 4 members (excludes halogenated alkanes) is 20. The second-order valence-corrected chi connectivity index (χ2v) is 12.3. The molecule has 0 radical (unpaired) electrons. The maximum Gasteiger partial charge on any atom is 0.303 e. The summed E-state index contributed by atoms with van der Waals surface area (Å²) < 4.78 is 0. The van der Waals surface area contributed by atoms with Gasteiger partial charge in [0.2, 0.25) is 0 Å². The molecule has 40 heavy (non-hydrogen) atoms. The van der Waals surface area contributed by atoms with Crippen LogP contribution in [0.4, 0.5) is 0 Å². The second kappa shape index (κ2) is 30.6. The number of carboxylic acid groups (broad SMARTS) is 2. The fraction of sp³-hybridized carbons (Fsp3) is 0.889. The molecule has 0 aromatic heterocycles. The summed E-state index contributed by atoms with van der Waals surface area (Å²) in [4.78, 5) is 21.6. The lowest BCUT2D eigenvalue weighted by Crippen LogP contribution is -2.06. The number of carbonyl (C=O) groups is 2. The number of aliphatic carboxylic acids is 2. The van der Waals surface area contributed by atoms with E-state index in [2.05, 4.69) is 19.9 Å². The number of hydrogen-bond acceptors (Lipinski definition) is 2. The van der Waals surface area contributed by atoms with Crippen LogP contribution in [0.15, 0.2) is 11.6 Å². The van der Waals surface area contributed by atoms with Gasteiger partial charge in [0.25, 0.3) is 0 Å². The van der Waals surface area contributed by atoms with E-state index in [1.165, 1.54) is 135 Å². The zero-order valence-electron chi connectivity index (χ0n) is 26.9. The lowest BCUT2D eigenvalue weighted by molar-refractivity contribution is -0.138. The fourth-order valence-electron chi connectivity index (χ4n) is 5.88. The summed E-state index contributed by atoms with van der Waals surface area (Å²) in [5.74, 6) is -0.653. The van der Waals surface area contributed by atoms with Gasteiger partial charge in [0.15, 0.2) is 0 Å². The molecule has 0 bridgehead atoms. The highest BCUT2D eigenvalue weighted by molar-refractivity contribution is 5.66. The molecule has 2 N–H and O–H groups in total. The quantitative estimate of drug-likeness (QED) is 0.0629. The summed E-state index contributed by atoms with van der Waals surface area (Å²) in [6, 6.07) is 0. The number of rotatable bonds is 32. The molecule has 0 amide bonds.